The van der Waals surface area contributed by atoms with Gasteiger partial charge in [0.1, 0.15) is 23.3 Å². The van der Waals surface area contributed by atoms with Gasteiger partial charge in [0.2, 0.25) is 0 Å². The van der Waals surface area contributed by atoms with Gasteiger partial charge in [0, 0.05) is 35.3 Å². The maximum absolute atomic E-state index is 13.7. The maximum Gasteiger partial charge on any atom is 0.142 e. The van der Waals surface area contributed by atoms with Crippen molar-refractivity contribution in [2.24, 2.45) is 0 Å². The van der Waals surface area contributed by atoms with Crippen molar-refractivity contribution in [1.82, 2.24) is 9.88 Å². The fourth-order valence-electron chi connectivity index (χ4n) is 4.23. The summed E-state index contributed by atoms with van der Waals surface area (Å²) in [5.74, 6) is 0.0309. The average Bonchev–Trinajstić information content (AvgIpc) is 2.79. The molecule has 24 heavy (non-hydrogen) atoms. The molecule has 2 aromatic rings. The number of hydrogen-bond donors (Lipinski definition) is 1. The minimum atomic E-state index is -0.244. The third-order valence-corrected chi connectivity index (χ3v) is 5.50. The van der Waals surface area contributed by atoms with Crippen molar-refractivity contribution in [3.05, 3.63) is 46.4 Å². The van der Waals surface area contributed by atoms with Crippen molar-refractivity contribution in [2.45, 2.75) is 38.3 Å². The molecule has 0 amide bonds. The second-order valence-electron chi connectivity index (χ2n) is 6.80. The first-order chi connectivity index (χ1) is 11.5. The van der Waals surface area contributed by atoms with Crippen LogP contribution in [-0.4, -0.2) is 23.0 Å². The van der Waals surface area contributed by atoms with Crippen LogP contribution >= 0.6 is 0 Å². The molecule has 3 heterocycles. The number of fused-ring (bicyclic) bond motifs is 4. The van der Waals surface area contributed by atoms with E-state index in [1.807, 2.05) is 0 Å². The third kappa shape index (κ3) is 2.03. The Balaban J connectivity index is 2.04. The summed E-state index contributed by atoms with van der Waals surface area (Å²) >= 11 is 0. The SMILES string of the molecule is Cc1cc(-c2c(C#N)c(N)nc3c2[C@H]2CC[C@@H](C3)N2C)ccc1F. The molecule has 2 atom stereocenters. The highest BCUT2D eigenvalue weighted by Gasteiger charge is 2.40. The fourth-order valence-corrected chi connectivity index (χ4v) is 4.23. The van der Waals surface area contributed by atoms with E-state index in [4.69, 9.17) is 5.73 Å². The van der Waals surface area contributed by atoms with Gasteiger partial charge in [-0.25, -0.2) is 9.37 Å². The van der Waals surface area contributed by atoms with Crippen molar-refractivity contribution in [2.75, 3.05) is 12.8 Å². The zero-order valence-corrected chi connectivity index (χ0v) is 13.8. The molecule has 2 N–H and O–H groups in total. The molecule has 2 aliphatic heterocycles. The van der Waals surface area contributed by atoms with Crippen LogP contribution in [0.4, 0.5) is 10.2 Å². The number of aromatic nitrogens is 1. The van der Waals surface area contributed by atoms with Gasteiger partial charge in [0.15, 0.2) is 0 Å². The first-order valence-electron chi connectivity index (χ1n) is 8.22. The van der Waals surface area contributed by atoms with Gasteiger partial charge in [-0.15, -0.1) is 0 Å². The quantitative estimate of drug-likeness (QED) is 0.874. The van der Waals surface area contributed by atoms with E-state index in [1.165, 1.54) is 6.07 Å². The summed E-state index contributed by atoms with van der Waals surface area (Å²) in [6.45, 7) is 1.74. The van der Waals surface area contributed by atoms with Crippen LogP contribution in [-0.2, 0) is 6.42 Å². The standard InChI is InChI=1S/C19H19FN4/c1-10-7-11(3-5-14(10)20)17-13(9-21)19(22)23-15-8-12-4-6-16(18(15)17)24(12)2/h3,5,7,12,16H,4,6,8H2,1-2H3,(H2,22,23)/t12-,16+/m0/s1. The van der Waals surface area contributed by atoms with E-state index < -0.39 is 0 Å². The zero-order valence-electron chi connectivity index (χ0n) is 13.8. The highest BCUT2D eigenvalue weighted by molar-refractivity contribution is 5.80. The average molecular weight is 322 g/mol. The van der Waals surface area contributed by atoms with Crippen LogP contribution in [0.1, 0.15) is 41.3 Å². The summed E-state index contributed by atoms with van der Waals surface area (Å²) < 4.78 is 13.7. The maximum atomic E-state index is 13.7. The van der Waals surface area contributed by atoms with Crippen LogP contribution in [0.3, 0.4) is 0 Å². The summed E-state index contributed by atoms with van der Waals surface area (Å²) in [6, 6.07) is 7.95. The number of nitrogen functional groups attached to an aromatic ring is 1. The van der Waals surface area contributed by atoms with Crippen LogP contribution in [0.5, 0.6) is 0 Å². The molecule has 0 unspecified atom stereocenters. The van der Waals surface area contributed by atoms with E-state index >= 15 is 0 Å². The highest BCUT2D eigenvalue weighted by atomic mass is 19.1. The first kappa shape index (κ1) is 15.1. The largest absolute Gasteiger partial charge is 0.383 e. The Morgan fingerprint density at radius 1 is 1.38 bits per heavy atom. The summed E-state index contributed by atoms with van der Waals surface area (Å²) in [6.07, 6.45) is 3.03. The lowest BCUT2D eigenvalue weighted by Gasteiger charge is -2.34. The third-order valence-electron chi connectivity index (χ3n) is 5.50. The van der Waals surface area contributed by atoms with Gasteiger partial charge in [-0.05, 0) is 50.1 Å². The summed E-state index contributed by atoms with van der Waals surface area (Å²) in [5.41, 5.74) is 10.8. The Kier molecular flexibility index (Phi) is 3.33. The number of benzene rings is 1. The molecule has 4 rings (SSSR count). The molecule has 122 valence electrons. The van der Waals surface area contributed by atoms with Gasteiger partial charge in [-0.3, -0.25) is 4.90 Å². The molecular formula is C19H19FN4. The number of nitrogens with zero attached hydrogens (tertiary/aromatic N) is 3. The number of anilines is 1. The molecule has 1 aromatic heterocycles. The minimum absolute atomic E-state index is 0.244. The number of rotatable bonds is 1. The molecule has 5 heteroatoms. The molecule has 2 bridgehead atoms. The second-order valence-corrected chi connectivity index (χ2v) is 6.80. The molecular weight excluding hydrogens is 303 g/mol. The van der Waals surface area contributed by atoms with E-state index in [2.05, 4.69) is 23.0 Å². The van der Waals surface area contributed by atoms with Crippen molar-refractivity contribution < 1.29 is 4.39 Å². The normalized spacial score (nSPS) is 22.2. The molecule has 4 nitrogen and oxygen atoms in total. The van der Waals surface area contributed by atoms with Crippen LogP contribution < -0.4 is 5.73 Å². The molecule has 2 aliphatic rings. The highest BCUT2D eigenvalue weighted by Crippen LogP contribution is 2.47. The molecule has 0 spiro atoms. The van der Waals surface area contributed by atoms with Crippen LogP contribution in [0.15, 0.2) is 18.2 Å². The zero-order chi connectivity index (χ0) is 17.0. The lowest BCUT2D eigenvalue weighted by molar-refractivity contribution is 0.222. The number of nitrogens with two attached hydrogens (primary N) is 1. The van der Waals surface area contributed by atoms with Gasteiger partial charge in [0.25, 0.3) is 0 Å². The van der Waals surface area contributed by atoms with Crippen molar-refractivity contribution in [3.8, 4) is 17.2 Å². The fraction of sp³-hybridized carbons (Fsp3) is 0.368. The van der Waals surface area contributed by atoms with E-state index in [0.29, 0.717) is 17.2 Å². The number of hydrogen-bond acceptors (Lipinski definition) is 4. The van der Waals surface area contributed by atoms with Crippen LogP contribution in [0.25, 0.3) is 11.1 Å². The van der Waals surface area contributed by atoms with Gasteiger partial charge < -0.3 is 5.73 Å². The number of likely N-dealkylation sites (N-methyl/N-ethyl adjacent to an activating group) is 1. The summed E-state index contributed by atoms with van der Waals surface area (Å²) in [4.78, 5) is 6.92. The Hall–Kier alpha value is -2.45. The second kappa shape index (κ2) is 5.29. The Bertz CT molecular complexity index is 884. The number of halogens is 1. The molecule has 0 aliphatic carbocycles. The van der Waals surface area contributed by atoms with E-state index in [9.17, 15) is 9.65 Å². The number of nitriles is 1. The Labute approximate surface area is 140 Å². The van der Waals surface area contributed by atoms with Crippen molar-refractivity contribution >= 4 is 5.82 Å². The van der Waals surface area contributed by atoms with Crippen LogP contribution in [0, 0.1) is 24.1 Å². The molecule has 0 saturated carbocycles. The minimum Gasteiger partial charge on any atom is -0.383 e. The van der Waals surface area contributed by atoms with Gasteiger partial charge >= 0.3 is 0 Å². The van der Waals surface area contributed by atoms with E-state index in [0.717, 1.165) is 41.6 Å². The predicted octanol–water partition coefficient (Wildman–Crippen LogP) is 3.34. The predicted molar refractivity (Wildman–Crippen MR) is 90.7 cm³/mol. The van der Waals surface area contributed by atoms with Crippen LogP contribution in [0.2, 0.25) is 0 Å². The first-order valence-corrected chi connectivity index (χ1v) is 8.22. The van der Waals surface area contributed by atoms with Crippen molar-refractivity contribution in [1.29, 1.82) is 5.26 Å². The number of aryl methyl sites for hydroxylation is 1. The smallest absolute Gasteiger partial charge is 0.142 e. The summed E-state index contributed by atoms with van der Waals surface area (Å²) in [5, 5.41) is 9.66. The monoisotopic (exact) mass is 322 g/mol. The molecule has 1 aromatic carbocycles. The number of pyridine rings is 1. The summed E-state index contributed by atoms with van der Waals surface area (Å²) in [7, 11) is 2.13. The lowest BCUT2D eigenvalue weighted by Crippen LogP contribution is -2.35. The van der Waals surface area contributed by atoms with Gasteiger partial charge in [-0.2, -0.15) is 5.26 Å². The van der Waals surface area contributed by atoms with Gasteiger partial charge in [0.05, 0.1) is 0 Å². The Morgan fingerprint density at radius 3 is 2.88 bits per heavy atom. The lowest BCUT2D eigenvalue weighted by atomic mass is 9.86. The van der Waals surface area contributed by atoms with E-state index in [1.54, 1.807) is 19.1 Å². The Morgan fingerprint density at radius 2 is 2.17 bits per heavy atom. The van der Waals surface area contributed by atoms with E-state index in [-0.39, 0.29) is 17.7 Å². The molecule has 1 fully saturated rings. The molecule has 1 saturated heterocycles. The van der Waals surface area contributed by atoms with Crippen molar-refractivity contribution in [3.63, 3.8) is 0 Å². The topological polar surface area (TPSA) is 65.9 Å². The molecule has 0 radical (unpaired) electrons. The van der Waals surface area contributed by atoms with Gasteiger partial charge in [-0.1, -0.05) is 6.07 Å².